The molecule has 0 saturated carbocycles. The van der Waals surface area contributed by atoms with Gasteiger partial charge in [0.1, 0.15) is 5.69 Å². The molecule has 2 N–H and O–H groups in total. The van der Waals surface area contributed by atoms with Crippen molar-refractivity contribution < 1.29 is 19.3 Å². The molecule has 0 aliphatic heterocycles. The molecule has 4 rings (SSSR count). The zero-order chi connectivity index (χ0) is 23.2. The number of aromatic nitrogens is 3. The van der Waals surface area contributed by atoms with E-state index in [4.69, 9.17) is 9.26 Å². The second-order valence-corrected chi connectivity index (χ2v) is 7.42. The average Bonchev–Trinajstić information content (AvgIpc) is 3.30. The summed E-state index contributed by atoms with van der Waals surface area (Å²) in [5.41, 5.74) is 1.83. The molecule has 0 bridgehead atoms. The number of aryl methyl sites for hydroxylation is 1. The second kappa shape index (κ2) is 9.94. The molecule has 0 saturated heterocycles. The summed E-state index contributed by atoms with van der Waals surface area (Å²) in [6, 6.07) is 11.7. The topological polar surface area (TPSA) is 136 Å². The van der Waals surface area contributed by atoms with Gasteiger partial charge in [-0.3, -0.25) is 15.1 Å². The first-order chi connectivity index (χ1) is 16.1. The molecule has 33 heavy (non-hydrogen) atoms. The maximum atomic E-state index is 11.6. The molecule has 0 aliphatic carbocycles. The molecule has 0 fully saturated rings. The van der Waals surface area contributed by atoms with E-state index in [1.165, 1.54) is 13.2 Å². The molecular weight excluding hydrogens is 426 g/mol. The number of nitrogens with zero attached hydrogens (tertiary/aromatic N) is 4. The van der Waals surface area contributed by atoms with E-state index in [0.717, 1.165) is 19.3 Å². The number of unbranched alkanes of at least 4 members (excludes halogenated alkanes) is 2. The van der Waals surface area contributed by atoms with Crippen molar-refractivity contribution in [3.63, 3.8) is 0 Å². The van der Waals surface area contributed by atoms with E-state index in [9.17, 15) is 15.2 Å². The van der Waals surface area contributed by atoms with Gasteiger partial charge in [0.2, 0.25) is 11.7 Å². The molecular formula is C23H23N5O5. The van der Waals surface area contributed by atoms with Crippen molar-refractivity contribution in [2.45, 2.75) is 25.7 Å². The summed E-state index contributed by atoms with van der Waals surface area (Å²) in [5.74, 6) is 1.35. The van der Waals surface area contributed by atoms with Gasteiger partial charge < -0.3 is 19.7 Å². The maximum absolute atomic E-state index is 11.6. The van der Waals surface area contributed by atoms with Crippen LogP contribution in [0.25, 0.3) is 22.3 Å². The first kappa shape index (κ1) is 22.0. The van der Waals surface area contributed by atoms with Crippen LogP contribution in [0.2, 0.25) is 0 Å². The Morgan fingerprint density at radius 3 is 2.88 bits per heavy atom. The standard InChI is InChI=1S/C23H23N5O5/c1-32-20-14-15(8-11-19(20)29)23-26-21(33-27-23)7-3-2-4-12-25-18-10-9-17-16(6-5-13-24-17)22(18)28(30)31/h5-6,8-11,13-14,25,29H,2-4,7,12H2,1H3. The first-order valence-corrected chi connectivity index (χ1v) is 10.5. The van der Waals surface area contributed by atoms with Crippen LogP contribution >= 0.6 is 0 Å². The molecule has 0 unspecified atom stereocenters. The smallest absolute Gasteiger partial charge is 0.301 e. The number of nitrogens with one attached hydrogen (secondary N) is 1. The Labute approximate surface area is 189 Å². The Kier molecular flexibility index (Phi) is 6.63. The number of anilines is 1. The van der Waals surface area contributed by atoms with Crippen molar-refractivity contribution >= 4 is 22.3 Å². The number of benzene rings is 2. The fraction of sp³-hybridized carbons (Fsp3) is 0.261. The zero-order valence-electron chi connectivity index (χ0n) is 18.0. The van der Waals surface area contributed by atoms with Gasteiger partial charge in [0.05, 0.1) is 22.9 Å². The Bertz CT molecular complexity index is 1270. The second-order valence-electron chi connectivity index (χ2n) is 7.42. The Morgan fingerprint density at radius 2 is 2.06 bits per heavy atom. The molecule has 2 aromatic heterocycles. The number of rotatable bonds is 10. The monoisotopic (exact) mass is 449 g/mol. The number of hydrogen-bond acceptors (Lipinski definition) is 9. The number of aromatic hydroxyl groups is 1. The Balaban J connectivity index is 1.27. The predicted molar refractivity (Wildman–Crippen MR) is 122 cm³/mol. The summed E-state index contributed by atoms with van der Waals surface area (Å²) in [5, 5.41) is 29.0. The van der Waals surface area contributed by atoms with Crippen LogP contribution in [-0.4, -0.2) is 38.8 Å². The highest BCUT2D eigenvalue weighted by atomic mass is 16.6. The number of nitro benzene ring substituents is 1. The lowest BCUT2D eigenvalue weighted by Crippen LogP contribution is -2.05. The largest absolute Gasteiger partial charge is 0.504 e. The van der Waals surface area contributed by atoms with Crippen LogP contribution in [0.1, 0.15) is 25.2 Å². The van der Waals surface area contributed by atoms with Crippen molar-refractivity contribution in [2.24, 2.45) is 0 Å². The molecule has 10 heteroatoms. The molecule has 10 nitrogen and oxygen atoms in total. The Hall–Kier alpha value is -4.21. The van der Waals surface area contributed by atoms with Crippen LogP contribution < -0.4 is 10.1 Å². The normalized spacial score (nSPS) is 10.9. The summed E-state index contributed by atoms with van der Waals surface area (Å²) in [6.45, 7) is 0.606. The fourth-order valence-corrected chi connectivity index (χ4v) is 3.57. The predicted octanol–water partition coefficient (Wildman–Crippen LogP) is 4.73. The van der Waals surface area contributed by atoms with Crippen LogP contribution in [0.15, 0.2) is 53.2 Å². The number of phenolic OH excluding ortho intramolecular Hbond substituents is 1. The highest BCUT2D eigenvalue weighted by Crippen LogP contribution is 2.32. The number of nitro groups is 1. The quantitative estimate of drug-likeness (QED) is 0.200. The third-order valence-corrected chi connectivity index (χ3v) is 5.23. The first-order valence-electron chi connectivity index (χ1n) is 10.5. The average molecular weight is 449 g/mol. The van der Waals surface area contributed by atoms with Crippen molar-refractivity contribution in [2.75, 3.05) is 19.0 Å². The van der Waals surface area contributed by atoms with Gasteiger partial charge in [-0.05, 0) is 55.3 Å². The molecule has 2 aromatic carbocycles. The number of fused-ring (bicyclic) bond motifs is 1. The van der Waals surface area contributed by atoms with Crippen molar-refractivity contribution in [3.05, 3.63) is 64.7 Å². The lowest BCUT2D eigenvalue weighted by molar-refractivity contribution is -0.382. The van der Waals surface area contributed by atoms with Gasteiger partial charge in [0.15, 0.2) is 11.5 Å². The molecule has 4 aromatic rings. The summed E-state index contributed by atoms with van der Waals surface area (Å²) < 4.78 is 10.4. The van der Waals surface area contributed by atoms with Crippen LogP contribution in [-0.2, 0) is 6.42 Å². The Morgan fingerprint density at radius 1 is 1.18 bits per heavy atom. The van der Waals surface area contributed by atoms with Gasteiger partial charge in [-0.2, -0.15) is 4.98 Å². The zero-order valence-corrected chi connectivity index (χ0v) is 18.0. The highest BCUT2D eigenvalue weighted by molar-refractivity contribution is 5.94. The molecule has 170 valence electrons. The lowest BCUT2D eigenvalue weighted by atomic mass is 10.1. The van der Waals surface area contributed by atoms with Crippen molar-refractivity contribution in [3.8, 4) is 22.9 Å². The van der Waals surface area contributed by atoms with E-state index < -0.39 is 0 Å². The molecule has 0 amide bonds. The van der Waals surface area contributed by atoms with Crippen molar-refractivity contribution in [1.29, 1.82) is 0 Å². The summed E-state index contributed by atoms with van der Waals surface area (Å²) >= 11 is 0. The summed E-state index contributed by atoms with van der Waals surface area (Å²) in [6.07, 6.45) is 4.81. The minimum atomic E-state index is -0.372. The van der Waals surface area contributed by atoms with Gasteiger partial charge in [-0.1, -0.05) is 11.6 Å². The van der Waals surface area contributed by atoms with Gasteiger partial charge in [0.25, 0.3) is 0 Å². The van der Waals surface area contributed by atoms with Gasteiger partial charge in [0, 0.05) is 24.7 Å². The number of ether oxygens (including phenoxy) is 1. The van der Waals surface area contributed by atoms with E-state index in [1.54, 1.807) is 42.6 Å². The summed E-state index contributed by atoms with van der Waals surface area (Å²) in [4.78, 5) is 19.8. The fourth-order valence-electron chi connectivity index (χ4n) is 3.57. The molecule has 0 aliphatic rings. The number of methoxy groups -OCH3 is 1. The van der Waals surface area contributed by atoms with Crippen LogP contribution in [0.4, 0.5) is 11.4 Å². The molecule has 0 spiro atoms. The van der Waals surface area contributed by atoms with E-state index in [0.29, 0.717) is 52.6 Å². The number of hydrogen-bond donors (Lipinski definition) is 2. The lowest BCUT2D eigenvalue weighted by Gasteiger charge is -2.08. The van der Waals surface area contributed by atoms with Crippen LogP contribution in [0.3, 0.4) is 0 Å². The SMILES string of the molecule is COc1cc(-c2noc(CCCCCNc3ccc4ncccc4c3[N+](=O)[O-])n2)ccc1O. The van der Waals surface area contributed by atoms with Gasteiger partial charge in [-0.15, -0.1) is 0 Å². The van der Waals surface area contributed by atoms with Gasteiger partial charge >= 0.3 is 5.69 Å². The number of pyridine rings is 1. The molecule has 0 radical (unpaired) electrons. The highest BCUT2D eigenvalue weighted by Gasteiger charge is 2.18. The van der Waals surface area contributed by atoms with E-state index in [1.807, 2.05) is 0 Å². The molecule has 2 heterocycles. The van der Waals surface area contributed by atoms with E-state index in [2.05, 4.69) is 20.4 Å². The van der Waals surface area contributed by atoms with Crippen LogP contribution in [0.5, 0.6) is 11.5 Å². The third kappa shape index (κ3) is 5.00. The minimum absolute atomic E-state index is 0.0456. The number of phenols is 1. The maximum Gasteiger partial charge on any atom is 0.301 e. The van der Waals surface area contributed by atoms with Gasteiger partial charge in [-0.25, -0.2) is 0 Å². The van der Waals surface area contributed by atoms with Crippen molar-refractivity contribution in [1.82, 2.24) is 15.1 Å². The van der Waals surface area contributed by atoms with E-state index >= 15 is 0 Å². The van der Waals surface area contributed by atoms with E-state index in [-0.39, 0.29) is 16.4 Å². The third-order valence-electron chi connectivity index (χ3n) is 5.23. The summed E-state index contributed by atoms with van der Waals surface area (Å²) in [7, 11) is 1.48. The van der Waals surface area contributed by atoms with Crippen LogP contribution in [0, 0.1) is 10.1 Å². The minimum Gasteiger partial charge on any atom is -0.504 e. The molecule has 0 atom stereocenters.